The van der Waals surface area contributed by atoms with Gasteiger partial charge in [0.05, 0.1) is 18.4 Å². The molecule has 0 spiro atoms. The third-order valence-corrected chi connectivity index (χ3v) is 2.65. The van der Waals surface area contributed by atoms with Crippen molar-refractivity contribution >= 4 is 5.97 Å². The standard InChI is InChI=1S/C13H14N2O2/c1-2-11-13(15-8-14-11)10-5-3-9(4-6-10)7-12(16)17/h3-6,8H,2,7H2,1H3,(H,14,15)(H,16,17). The zero-order chi connectivity index (χ0) is 12.3. The second-order valence-corrected chi connectivity index (χ2v) is 3.85. The van der Waals surface area contributed by atoms with Crippen molar-refractivity contribution < 1.29 is 9.90 Å². The van der Waals surface area contributed by atoms with Crippen LogP contribution < -0.4 is 0 Å². The number of carbonyl (C=O) groups is 1. The number of aryl methyl sites for hydroxylation is 1. The first kappa shape index (κ1) is 11.4. The summed E-state index contributed by atoms with van der Waals surface area (Å²) in [7, 11) is 0. The fourth-order valence-electron chi connectivity index (χ4n) is 1.79. The number of imidazole rings is 1. The summed E-state index contributed by atoms with van der Waals surface area (Å²) in [6, 6.07) is 7.48. The van der Waals surface area contributed by atoms with Crippen LogP contribution in [0.4, 0.5) is 0 Å². The van der Waals surface area contributed by atoms with Crippen LogP contribution in [0, 0.1) is 0 Å². The molecule has 2 aromatic rings. The van der Waals surface area contributed by atoms with Gasteiger partial charge in [-0.25, -0.2) is 4.98 Å². The number of hydrogen-bond acceptors (Lipinski definition) is 2. The third-order valence-electron chi connectivity index (χ3n) is 2.65. The molecule has 1 heterocycles. The summed E-state index contributed by atoms with van der Waals surface area (Å²) in [5.74, 6) is -0.813. The summed E-state index contributed by atoms with van der Waals surface area (Å²) >= 11 is 0. The Morgan fingerprint density at radius 3 is 2.65 bits per heavy atom. The van der Waals surface area contributed by atoms with E-state index in [0.29, 0.717) is 0 Å². The van der Waals surface area contributed by atoms with Crippen LogP contribution in [0.1, 0.15) is 18.2 Å². The number of aromatic nitrogens is 2. The number of aliphatic carboxylic acids is 1. The SMILES string of the molecule is CCc1[nH]cnc1-c1ccc(CC(=O)O)cc1. The summed E-state index contributed by atoms with van der Waals surface area (Å²) in [4.78, 5) is 17.9. The number of carboxylic acids is 1. The fraction of sp³-hybridized carbons (Fsp3) is 0.231. The Morgan fingerprint density at radius 1 is 1.35 bits per heavy atom. The van der Waals surface area contributed by atoms with Gasteiger partial charge in [0.25, 0.3) is 0 Å². The lowest BCUT2D eigenvalue weighted by molar-refractivity contribution is -0.136. The Hall–Kier alpha value is -2.10. The van der Waals surface area contributed by atoms with Crippen molar-refractivity contribution in [3.8, 4) is 11.3 Å². The predicted octanol–water partition coefficient (Wildman–Crippen LogP) is 2.27. The zero-order valence-electron chi connectivity index (χ0n) is 9.60. The Bertz CT molecular complexity index is 514. The van der Waals surface area contributed by atoms with Crippen LogP contribution in [0.3, 0.4) is 0 Å². The van der Waals surface area contributed by atoms with Gasteiger partial charge in [0.1, 0.15) is 0 Å². The van der Waals surface area contributed by atoms with Crippen molar-refractivity contribution in [2.45, 2.75) is 19.8 Å². The van der Waals surface area contributed by atoms with Crippen molar-refractivity contribution in [3.05, 3.63) is 41.9 Å². The van der Waals surface area contributed by atoms with Crippen LogP contribution in [-0.2, 0) is 17.6 Å². The summed E-state index contributed by atoms with van der Waals surface area (Å²) in [5.41, 5.74) is 3.84. The van der Waals surface area contributed by atoms with Gasteiger partial charge in [0, 0.05) is 11.3 Å². The van der Waals surface area contributed by atoms with Gasteiger partial charge in [0.2, 0.25) is 0 Å². The molecule has 0 saturated carbocycles. The molecule has 0 unspecified atom stereocenters. The molecule has 4 heteroatoms. The van der Waals surface area contributed by atoms with Gasteiger partial charge in [-0.2, -0.15) is 0 Å². The summed E-state index contributed by atoms with van der Waals surface area (Å²) < 4.78 is 0. The van der Waals surface area contributed by atoms with Gasteiger partial charge in [-0.1, -0.05) is 31.2 Å². The number of aromatic amines is 1. The lowest BCUT2D eigenvalue weighted by Gasteiger charge is -2.02. The Morgan fingerprint density at radius 2 is 2.06 bits per heavy atom. The average Bonchev–Trinajstić information content (AvgIpc) is 2.77. The van der Waals surface area contributed by atoms with Crippen molar-refractivity contribution in [1.29, 1.82) is 0 Å². The van der Waals surface area contributed by atoms with Crippen molar-refractivity contribution in [3.63, 3.8) is 0 Å². The van der Waals surface area contributed by atoms with Gasteiger partial charge < -0.3 is 10.1 Å². The van der Waals surface area contributed by atoms with Gasteiger partial charge in [-0.3, -0.25) is 4.79 Å². The Balaban J connectivity index is 2.26. The molecule has 2 rings (SSSR count). The number of carboxylic acid groups (broad SMARTS) is 1. The van der Waals surface area contributed by atoms with Crippen molar-refractivity contribution in [2.75, 3.05) is 0 Å². The molecule has 2 N–H and O–H groups in total. The maximum Gasteiger partial charge on any atom is 0.307 e. The van der Waals surface area contributed by atoms with Gasteiger partial charge >= 0.3 is 5.97 Å². The molecule has 0 fully saturated rings. The van der Waals surface area contributed by atoms with E-state index in [-0.39, 0.29) is 6.42 Å². The first-order chi connectivity index (χ1) is 8.20. The zero-order valence-corrected chi connectivity index (χ0v) is 9.60. The quantitative estimate of drug-likeness (QED) is 0.846. The number of nitrogens with zero attached hydrogens (tertiary/aromatic N) is 1. The molecule has 0 atom stereocenters. The van der Waals surface area contributed by atoms with Crippen LogP contribution in [0.15, 0.2) is 30.6 Å². The van der Waals surface area contributed by atoms with E-state index in [9.17, 15) is 4.79 Å². The van der Waals surface area contributed by atoms with E-state index in [0.717, 1.165) is 28.9 Å². The Kier molecular flexibility index (Phi) is 3.23. The van der Waals surface area contributed by atoms with Crippen molar-refractivity contribution in [1.82, 2.24) is 9.97 Å². The molecule has 0 aliphatic rings. The highest BCUT2D eigenvalue weighted by molar-refractivity contribution is 5.71. The average molecular weight is 230 g/mol. The molecule has 1 aromatic carbocycles. The van der Waals surface area contributed by atoms with E-state index in [1.54, 1.807) is 6.33 Å². The summed E-state index contributed by atoms with van der Waals surface area (Å²) in [5, 5.41) is 8.69. The highest BCUT2D eigenvalue weighted by atomic mass is 16.4. The number of H-pyrrole nitrogens is 1. The smallest absolute Gasteiger partial charge is 0.307 e. The monoisotopic (exact) mass is 230 g/mol. The molecule has 17 heavy (non-hydrogen) atoms. The van der Waals surface area contributed by atoms with E-state index < -0.39 is 5.97 Å². The minimum absolute atomic E-state index is 0.0570. The molecule has 88 valence electrons. The molecule has 1 aromatic heterocycles. The van der Waals surface area contributed by atoms with Crippen LogP contribution in [0.25, 0.3) is 11.3 Å². The second kappa shape index (κ2) is 4.82. The second-order valence-electron chi connectivity index (χ2n) is 3.85. The number of benzene rings is 1. The third kappa shape index (κ3) is 2.53. The summed E-state index contributed by atoms with van der Waals surface area (Å²) in [6.07, 6.45) is 2.63. The van der Waals surface area contributed by atoms with E-state index in [1.165, 1.54) is 0 Å². The topological polar surface area (TPSA) is 66.0 Å². The van der Waals surface area contributed by atoms with E-state index >= 15 is 0 Å². The Labute approximate surface area is 99.3 Å². The number of rotatable bonds is 4. The van der Waals surface area contributed by atoms with Crippen LogP contribution in [-0.4, -0.2) is 21.0 Å². The maximum atomic E-state index is 10.6. The largest absolute Gasteiger partial charge is 0.481 e. The molecule has 0 saturated heterocycles. The molecule has 0 radical (unpaired) electrons. The maximum absolute atomic E-state index is 10.6. The molecular formula is C13H14N2O2. The first-order valence-electron chi connectivity index (χ1n) is 5.54. The highest BCUT2D eigenvalue weighted by Gasteiger charge is 2.07. The molecule has 0 aliphatic heterocycles. The minimum Gasteiger partial charge on any atom is -0.481 e. The van der Waals surface area contributed by atoms with Gasteiger partial charge in [-0.15, -0.1) is 0 Å². The van der Waals surface area contributed by atoms with Crippen LogP contribution >= 0.6 is 0 Å². The highest BCUT2D eigenvalue weighted by Crippen LogP contribution is 2.21. The van der Waals surface area contributed by atoms with Gasteiger partial charge in [-0.05, 0) is 12.0 Å². The lowest BCUT2D eigenvalue weighted by atomic mass is 10.1. The van der Waals surface area contributed by atoms with E-state index in [2.05, 4.69) is 16.9 Å². The van der Waals surface area contributed by atoms with Crippen molar-refractivity contribution in [2.24, 2.45) is 0 Å². The van der Waals surface area contributed by atoms with Crippen LogP contribution in [0.5, 0.6) is 0 Å². The normalized spacial score (nSPS) is 10.4. The van der Waals surface area contributed by atoms with Crippen LogP contribution in [0.2, 0.25) is 0 Å². The summed E-state index contributed by atoms with van der Waals surface area (Å²) in [6.45, 7) is 2.07. The number of hydrogen-bond donors (Lipinski definition) is 2. The molecule has 0 aliphatic carbocycles. The van der Waals surface area contributed by atoms with E-state index in [4.69, 9.17) is 5.11 Å². The fourth-order valence-corrected chi connectivity index (χ4v) is 1.79. The molecule has 4 nitrogen and oxygen atoms in total. The van der Waals surface area contributed by atoms with Gasteiger partial charge in [0.15, 0.2) is 0 Å². The molecule has 0 amide bonds. The predicted molar refractivity (Wildman–Crippen MR) is 64.7 cm³/mol. The molecule has 0 bridgehead atoms. The minimum atomic E-state index is -0.813. The lowest BCUT2D eigenvalue weighted by Crippen LogP contribution is -1.99. The number of nitrogens with one attached hydrogen (secondary N) is 1. The first-order valence-corrected chi connectivity index (χ1v) is 5.54. The van der Waals surface area contributed by atoms with E-state index in [1.807, 2.05) is 24.3 Å². The molecular weight excluding hydrogens is 216 g/mol.